The van der Waals surface area contributed by atoms with Crippen molar-refractivity contribution in [1.29, 1.82) is 0 Å². The summed E-state index contributed by atoms with van der Waals surface area (Å²) < 4.78 is 0. The van der Waals surface area contributed by atoms with Crippen LogP contribution in [-0.2, 0) is 22.6 Å². The summed E-state index contributed by atoms with van der Waals surface area (Å²) in [5, 5.41) is 4.98. The van der Waals surface area contributed by atoms with Crippen molar-refractivity contribution >= 4 is 58.2 Å². The van der Waals surface area contributed by atoms with E-state index in [1.807, 2.05) is 0 Å². The molecule has 0 heterocycles. The summed E-state index contributed by atoms with van der Waals surface area (Å²) in [7, 11) is 0. The second-order valence-corrected chi connectivity index (χ2v) is 9.88. The first kappa shape index (κ1) is 25.2. The Kier molecular flexibility index (Phi) is 9.13. The summed E-state index contributed by atoms with van der Waals surface area (Å²) in [6, 6.07) is 9.61. The predicted octanol–water partition coefficient (Wildman–Crippen LogP) is 6.71. The minimum atomic E-state index is -0.678. The normalized spacial score (nSPS) is 15.3. The molecule has 2 aromatic rings. The lowest BCUT2D eigenvalue weighted by Crippen LogP contribution is -2.50. The summed E-state index contributed by atoms with van der Waals surface area (Å²) >= 11 is 24.6. The lowest BCUT2D eigenvalue weighted by Gasteiger charge is -2.31. The molecule has 0 unspecified atom stereocenters. The minimum Gasteiger partial charge on any atom is -0.352 e. The SMILES string of the molecule is C[C@H](C(=O)NC1CCCCC1)N(Cc1ccc(Cl)cc1Cl)C(=O)Cc1ccc(Cl)cc1Cl. The van der Waals surface area contributed by atoms with Crippen molar-refractivity contribution in [2.45, 2.75) is 64.1 Å². The molecule has 1 fully saturated rings. The smallest absolute Gasteiger partial charge is 0.242 e. The molecular formula is C24H26Cl4N2O2. The van der Waals surface area contributed by atoms with E-state index in [0.29, 0.717) is 31.2 Å². The van der Waals surface area contributed by atoms with Crippen LogP contribution >= 0.6 is 46.4 Å². The summed E-state index contributed by atoms with van der Waals surface area (Å²) in [4.78, 5) is 27.9. The fourth-order valence-electron chi connectivity index (χ4n) is 3.91. The summed E-state index contributed by atoms with van der Waals surface area (Å²) in [5.41, 5.74) is 1.36. The van der Waals surface area contributed by atoms with Gasteiger partial charge >= 0.3 is 0 Å². The van der Waals surface area contributed by atoms with E-state index in [1.54, 1.807) is 43.3 Å². The average molecular weight is 516 g/mol. The van der Waals surface area contributed by atoms with Gasteiger partial charge in [0.05, 0.1) is 6.42 Å². The molecule has 0 saturated heterocycles. The third kappa shape index (κ3) is 6.77. The molecular weight excluding hydrogens is 490 g/mol. The first-order chi connectivity index (χ1) is 15.2. The van der Waals surface area contributed by atoms with E-state index in [2.05, 4.69) is 5.32 Å². The first-order valence-corrected chi connectivity index (χ1v) is 12.2. The zero-order valence-electron chi connectivity index (χ0n) is 17.8. The van der Waals surface area contributed by atoms with Crippen LogP contribution in [-0.4, -0.2) is 28.8 Å². The van der Waals surface area contributed by atoms with E-state index in [1.165, 1.54) is 11.3 Å². The molecule has 32 heavy (non-hydrogen) atoms. The molecule has 3 rings (SSSR count). The van der Waals surface area contributed by atoms with Crippen LogP contribution in [0.1, 0.15) is 50.2 Å². The number of amides is 2. The summed E-state index contributed by atoms with van der Waals surface area (Å²) in [6.45, 7) is 1.92. The molecule has 1 atom stereocenters. The number of hydrogen-bond donors (Lipinski definition) is 1. The largest absolute Gasteiger partial charge is 0.352 e. The zero-order chi connectivity index (χ0) is 23.3. The van der Waals surface area contributed by atoms with Gasteiger partial charge < -0.3 is 10.2 Å². The van der Waals surface area contributed by atoms with Crippen LogP contribution in [0.4, 0.5) is 0 Å². The number of carbonyl (C=O) groups is 2. The molecule has 2 amide bonds. The highest BCUT2D eigenvalue weighted by molar-refractivity contribution is 6.35. The predicted molar refractivity (Wildman–Crippen MR) is 132 cm³/mol. The molecule has 1 aliphatic carbocycles. The topological polar surface area (TPSA) is 49.4 Å². The highest BCUT2D eigenvalue weighted by Crippen LogP contribution is 2.26. The van der Waals surface area contributed by atoms with Crippen molar-refractivity contribution in [3.63, 3.8) is 0 Å². The van der Waals surface area contributed by atoms with Crippen molar-refractivity contribution in [3.8, 4) is 0 Å². The Labute approximate surface area is 209 Å². The number of nitrogens with zero attached hydrogens (tertiary/aromatic N) is 1. The standard InChI is InChI=1S/C24H26Cl4N2O2/c1-15(24(32)29-20-5-3-2-4-6-20)30(14-17-8-10-19(26)13-22(17)28)23(31)11-16-7-9-18(25)12-21(16)27/h7-10,12-13,15,20H,2-6,11,14H2,1H3,(H,29,32)/t15-/m1/s1. The van der Waals surface area contributed by atoms with Gasteiger partial charge in [0.15, 0.2) is 0 Å². The Balaban J connectivity index is 1.81. The molecule has 2 aromatic carbocycles. The number of rotatable bonds is 7. The van der Waals surface area contributed by atoms with E-state index < -0.39 is 6.04 Å². The summed E-state index contributed by atoms with van der Waals surface area (Å²) in [5.74, 6) is -0.399. The van der Waals surface area contributed by atoms with Crippen LogP contribution < -0.4 is 5.32 Å². The van der Waals surface area contributed by atoms with Gasteiger partial charge in [-0.15, -0.1) is 0 Å². The minimum absolute atomic E-state index is 0.0439. The molecule has 1 N–H and O–H groups in total. The molecule has 0 spiro atoms. The molecule has 0 aromatic heterocycles. The first-order valence-electron chi connectivity index (χ1n) is 10.7. The van der Waals surface area contributed by atoms with Crippen LogP contribution in [0.2, 0.25) is 20.1 Å². The molecule has 0 aliphatic heterocycles. The molecule has 4 nitrogen and oxygen atoms in total. The molecule has 172 valence electrons. The van der Waals surface area contributed by atoms with E-state index in [4.69, 9.17) is 46.4 Å². The Hall–Kier alpha value is -1.46. The van der Waals surface area contributed by atoms with Crippen LogP contribution in [0.3, 0.4) is 0 Å². The fourth-order valence-corrected chi connectivity index (χ4v) is 4.86. The maximum Gasteiger partial charge on any atom is 0.242 e. The van der Waals surface area contributed by atoms with Gasteiger partial charge in [0, 0.05) is 32.7 Å². The van der Waals surface area contributed by atoms with Crippen LogP contribution in [0.5, 0.6) is 0 Å². The van der Waals surface area contributed by atoms with Gasteiger partial charge in [-0.2, -0.15) is 0 Å². The average Bonchev–Trinajstić information content (AvgIpc) is 2.75. The lowest BCUT2D eigenvalue weighted by molar-refractivity contribution is -0.140. The molecule has 1 aliphatic rings. The number of nitrogens with one attached hydrogen (secondary N) is 1. The zero-order valence-corrected chi connectivity index (χ0v) is 20.9. The highest BCUT2D eigenvalue weighted by Gasteiger charge is 2.29. The van der Waals surface area contributed by atoms with Crippen molar-refractivity contribution in [2.75, 3.05) is 0 Å². The van der Waals surface area contributed by atoms with Gasteiger partial charge in [0.2, 0.25) is 11.8 Å². The molecule has 0 radical (unpaired) electrons. The maximum atomic E-state index is 13.4. The van der Waals surface area contributed by atoms with Crippen LogP contribution in [0, 0.1) is 0 Å². The van der Waals surface area contributed by atoms with Gasteiger partial charge in [-0.25, -0.2) is 0 Å². The van der Waals surface area contributed by atoms with E-state index in [9.17, 15) is 9.59 Å². The van der Waals surface area contributed by atoms with E-state index >= 15 is 0 Å². The van der Waals surface area contributed by atoms with Gasteiger partial charge in [-0.05, 0) is 55.2 Å². The van der Waals surface area contributed by atoms with Crippen molar-refractivity contribution in [1.82, 2.24) is 10.2 Å². The van der Waals surface area contributed by atoms with Gasteiger partial charge in [-0.1, -0.05) is 77.8 Å². The second-order valence-electron chi connectivity index (χ2n) is 8.19. The molecule has 1 saturated carbocycles. The highest BCUT2D eigenvalue weighted by atomic mass is 35.5. The second kappa shape index (κ2) is 11.6. The third-order valence-electron chi connectivity index (χ3n) is 5.83. The van der Waals surface area contributed by atoms with Crippen LogP contribution in [0.25, 0.3) is 0 Å². The summed E-state index contributed by atoms with van der Waals surface area (Å²) in [6.07, 6.45) is 5.39. The van der Waals surface area contributed by atoms with E-state index in [0.717, 1.165) is 25.7 Å². The van der Waals surface area contributed by atoms with Gasteiger partial charge in [0.25, 0.3) is 0 Å². The Morgan fingerprint density at radius 2 is 1.50 bits per heavy atom. The van der Waals surface area contributed by atoms with Crippen molar-refractivity contribution < 1.29 is 9.59 Å². The van der Waals surface area contributed by atoms with Gasteiger partial charge in [0.1, 0.15) is 6.04 Å². The number of carbonyl (C=O) groups excluding carboxylic acids is 2. The Morgan fingerprint density at radius 1 is 0.938 bits per heavy atom. The number of halogens is 4. The van der Waals surface area contributed by atoms with Crippen LogP contribution in [0.15, 0.2) is 36.4 Å². The van der Waals surface area contributed by atoms with Crippen molar-refractivity contribution in [3.05, 3.63) is 67.6 Å². The number of hydrogen-bond acceptors (Lipinski definition) is 2. The fraction of sp³-hybridized carbons (Fsp3) is 0.417. The quantitative estimate of drug-likeness (QED) is 0.445. The van der Waals surface area contributed by atoms with E-state index in [-0.39, 0.29) is 30.8 Å². The monoisotopic (exact) mass is 514 g/mol. The Bertz CT molecular complexity index is 976. The van der Waals surface area contributed by atoms with Crippen molar-refractivity contribution in [2.24, 2.45) is 0 Å². The third-order valence-corrected chi connectivity index (χ3v) is 7.01. The Morgan fingerprint density at radius 3 is 2.06 bits per heavy atom. The lowest BCUT2D eigenvalue weighted by atomic mass is 9.95. The molecule has 8 heteroatoms. The maximum absolute atomic E-state index is 13.4. The molecule has 0 bridgehead atoms. The van der Waals surface area contributed by atoms with Gasteiger partial charge in [-0.3, -0.25) is 9.59 Å². The number of benzene rings is 2.